The quantitative estimate of drug-likeness (QED) is 0.380. The topological polar surface area (TPSA) is 165 Å². The largest absolute Gasteiger partial charge is 0.454 e. The molecule has 0 heterocycles. The van der Waals surface area contributed by atoms with Crippen molar-refractivity contribution in [1.29, 1.82) is 0 Å². The standard InChI is InChI=1S/C21H22Cl2N4O7S/c1-27(2)35(32,33)14-7-8-15(23)16(9-14)25-19(29)11-34-21(31)17(10-18(24)28)26-20(30)12-3-5-13(22)6-4-12/h3-9,17H,10-11H2,1-2H3,(H2,24,28)(H,25,29)(H,26,30)/t17-/m0/s1. The van der Waals surface area contributed by atoms with E-state index in [4.69, 9.17) is 33.7 Å². The number of nitrogens with two attached hydrogens (primary N) is 1. The maximum absolute atomic E-state index is 12.4. The van der Waals surface area contributed by atoms with Crippen molar-refractivity contribution in [2.45, 2.75) is 17.4 Å². The smallest absolute Gasteiger partial charge is 0.329 e. The highest BCUT2D eigenvalue weighted by atomic mass is 35.5. The molecule has 0 unspecified atom stereocenters. The van der Waals surface area contributed by atoms with Crippen LogP contribution in [0.2, 0.25) is 10.0 Å². The van der Waals surface area contributed by atoms with E-state index in [2.05, 4.69) is 10.6 Å². The molecule has 2 rings (SSSR count). The third-order valence-corrected chi connectivity index (χ3v) is 6.83. The second-order valence-electron chi connectivity index (χ2n) is 7.29. The average molecular weight is 545 g/mol. The van der Waals surface area contributed by atoms with Gasteiger partial charge in [0.05, 0.1) is 22.0 Å². The van der Waals surface area contributed by atoms with Gasteiger partial charge in [0.25, 0.3) is 11.8 Å². The highest BCUT2D eigenvalue weighted by molar-refractivity contribution is 7.89. The SMILES string of the molecule is CN(C)S(=O)(=O)c1ccc(Cl)c(NC(=O)COC(=O)[C@H](CC(N)=O)NC(=O)c2ccc(Cl)cc2)c1. The molecule has 0 saturated carbocycles. The van der Waals surface area contributed by atoms with E-state index < -0.39 is 52.8 Å². The van der Waals surface area contributed by atoms with Crippen LogP contribution in [0, 0.1) is 0 Å². The van der Waals surface area contributed by atoms with Crippen LogP contribution in [-0.2, 0) is 29.1 Å². The van der Waals surface area contributed by atoms with Crippen LogP contribution in [0.4, 0.5) is 5.69 Å². The third-order valence-electron chi connectivity index (χ3n) is 4.44. The molecule has 0 aromatic heterocycles. The van der Waals surface area contributed by atoms with Crippen molar-refractivity contribution in [3.05, 3.63) is 58.1 Å². The molecule has 4 N–H and O–H groups in total. The Labute approximate surface area is 211 Å². The Morgan fingerprint density at radius 1 is 1.06 bits per heavy atom. The molecule has 0 fully saturated rings. The number of anilines is 1. The molecular formula is C21H22Cl2N4O7S. The van der Waals surface area contributed by atoms with Gasteiger partial charge in [-0.1, -0.05) is 23.2 Å². The molecular weight excluding hydrogens is 523 g/mol. The highest BCUT2D eigenvalue weighted by Gasteiger charge is 2.26. The van der Waals surface area contributed by atoms with Crippen molar-refractivity contribution >= 4 is 62.6 Å². The van der Waals surface area contributed by atoms with Crippen LogP contribution in [0.25, 0.3) is 0 Å². The van der Waals surface area contributed by atoms with Crippen LogP contribution in [0.5, 0.6) is 0 Å². The maximum atomic E-state index is 12.4. The first-order valence-corrected chi connectivity index (χ1v) is 12.0. The molecule has 2 aromatic rings. The number of esters is 1. The van der Waals surface area contributed by atoms with Crippen LogP contribution in [0.1, 0.15) is 16.8 Å². The summed E-state index contributed by atoms with van der Waals surface area (Å²) in [6.07, 6.45) is -0.573. The number of amides is 3. The molecule has 0 bridgehead atoms. The number of primary amides is 1. The van der Waals surface area contributed by atoms with E-state index in [0.717, 1.165) is 10.4 Å². The minimum atomic E-state index is -3.79. The Kier molecular flexibility index (Phi) is 9.60. The van der Waals surface area contributed by atoms with Crippen molar-refractivity contribution in [2.75, 3.05) is 26.0 Å². The van der Waals surface area contributed by atoms with Gasteiger partial charge in [-0.15, -0.1) is 0 Å². The van der Waals surface area contributed by atoms with Gasteiger partial charge in [0.1, 0.15) is 6.04 Å². The normalized spacial score (nSPS) is 12.0. The fourth-order valence-corrected chi connectivity index (χ4v) is 3.85. The van der Waals surface area contributed by atoms with Crippen molar-refractivity contribution in [3.8, 4) is 0 Å². The van der Waals surface area contributed by atoms with Gasteiger partial charge < -0.3 is 21.1 Å². The minimum Gasteiger partial charge on any atom is -0.454 e. The van der Waals surface area contributed by atoms with E-state index in [0.29, 0.717) is 5.02 Å². The summed E-state index contributed by atoms with van der Waals surface area (Å²) in [4.78, 5) is 48.3. The summed E-state index contributed by atoms with van der Waals surface area (Å²) >= 11 is 11.8. The van der Waals surface area contributed by atoms with Crippen molar-refractivity contribution in [3.63, 3.8) is 0 Å². The zero-order chi connectivity index (χ0) is 26.3. The van der Waals surface area contributed by atoms with Crippen LogP contribution >= 0.6 is 23.2 Å². The van der Waals surface area contributed by atoms with E-state index in [9.17, 15) is 27.6 Å². The van der Waals surface area contributed by atoms with Crippen molar-refractivity contribution < 1.29 is 32.3 Å². The molecule has 0 aliphatic carbocycles. The van der Waals surface area contributed by atoms with E-state index in [1.54, 1.807) is 0 Å². The van der Waals surface area contributed by atoms with Gasteiger partial charge >= 0.3 is 5.97 Å². The third kappa shape index (κ3) is 7.92. The van der Waals surface area contributed by atoms with E-state index in [-0.39, 0.29) is 21.2 Å². The fraction of sp³-hybridized carbons (Fsp3) is 0.238. The minimum absolute atomic E-state index is 0.0274. The highest BCUT2D eigenvalue weighted by Crippen LogP contribution is 2.26. The average Bonchev–Trinajstić information content (AvgIpc) is 2.78. The van der Waals surface area contributed by atoms with Gasteiger partial charge in [-0.25, -0.2) is 17.5 Å². The second-order valence-corrected chi connectivity index (χ2v) is 10.3. The first-order valence-electron chi connectivity index (χ1n) is 9.84. The fourth-order valence-electron chi connectivity index (χ4n) is 2.63. The molecule has 3 amide bonds. The number of ether oxygens (including phenoxy) is 1. The number of rotatable bonds is 10. The number of carbonyl (C=O) groups is 4. The van der Waals surface area contributed by atoms with Crippen molar-refractivity contribution in [1.82, 2.24) is 9.62 Å². The molecule has 0 saturated heterocycles. The molecule has 35 heavy (non-hydrogen) atoms. The van der Waals surface area contributed by atoms with Gasteiger partial charge in [-0.05, 0) is 42.5 Å². The lowest BCUT2D eigenvalue weighted by atomic mass is 10.1. The van der Waals surface area contributed by atoms with E-state index in [1.165, 1.54) is 50.5 Å². The Bertz CT molecular complexity index is 1230. The zero-order valence-electron chi connectivity index (χ0n) is 18.6. The Hall–Kier alpha value is -3.19. The first-order chi connectivity index (χ1) is 16.3. The van der Waals surface area contributed by atoms with E-state index >= 15 is 0 Å². The Balaban J connectivity index is 2.06. The maximum Gasteiger partial charge on any atom is 0.329 e. The Morgan fingerprint density at radius 2 is 1.69 bits per heavy atom. The predicted octanol–water partition coefficient (Wildman–Crippen LogP) is 1.40. The number of nitrogens with zero attached hydrogens (tertiary/aromatic N) is 1. The number of benzene rings is 2. The van der Waals surface area contributed by atoms with Gasteiger partial charge in [0, 0.05) is 24.7 Å². The molecule has 0 radical (unpaired) electrons. The van der Waals surface area contributed by atoms with Crippen molar-refractivity contribution in [2.24, 2.45) is 5.73 Å². The van der Waals surface area contributed by atoms with E-state index in [1.807, 2.05) is 0 Å². The van der Waals surface area contributed by atoms with Gasteiger partial charge in [-0.2, -0.15) is 0 Å². The summed E-state index contributed by atoms with van der Waals surface area (Å²) in [5, 5.41) is 5.11. The number of carbonyl (C=O) groups excluding carboxylic acids is 4. The first kappa shape index (κ1) is 28.1. The lowest BCUT2D eigenvalue weighted by Gasteiger charge is -2.17. The molecule has 188 valence electrons. The summed E-state index contributed by atoms with van der Waals surface area (Å²) in [5.41, 5.74) is 5.28. The van der Waals surface area contributed by atoms with Crippen LogP contribution in [0.15, 0.2) is 47.4 Å². The van der Waals surface area contributed by atoms with Crippen LogP contribution in [0.3, 0.4) is 0 Å². The Morgan fingerprint density at radius 3 is 2.26 bits per heavy atom. The molecule has 11 nitrogen and oxygen atoms in total. The monoisotopic (exact) mass is 544 g/mol. The second kappa shape index (κ2) is 12.0. The number of sulfonamides is 1. The molecule has 2 aromatic carbocycles. The van der Waals surface area contributed by atoms with Crippen LogP contribution < -0.4 is 16.4 Å². The molecule has 1 atom stereocenters. The van der Waals surface area contributed by atoms with Gasteiger partial charge in [-0.3, -0.25) is 14.4 Å². The summed E-state index contributed by atoms with van der Waals surface area (Å²) in [6, 6.07) is 8.00. The summed E-state index contributed by atoms with van der Waals surface area (Å²) in [7, 11) is -1.10. The lowest BCUT2D eigenvalue weighted by molar-refractivity contribution is -0.150. The summed E-state index contributed by atoms with van der Waals surface area (Å²) in [5.74, 6) is -3.52. The number of halogens is 2. The predicted molar refractivity (Wildman–Crippen MR) is 128 cm³/mol. The molecule has 14 heteroatoms. The van der Waals surface area contributed by atoms with Gasteiger partial charge in [0.15, 0.2) is 6.61 Å². The zero-order valence-corrected chi connectivity index (χ0v) is 20.9. The molecule has 0 spiro atoms. The molecule has 0 aliphatic rings. The lowest BCUT2D eigenvalue weighted by Crippen LogP contribution is -2.44. The molecule has 0 aliphatic heterocycles. The number of hydrogen-bond donors (Lipinski definition) is 3. The summed E-state index contributed by atoms with van der Waals surface area (Å²) in [6.45, 7) is -0.814. The number of nitrogens with one attached hydrogen (secondary N) is 2. The van der Waals surface area contributed by atoms with Gasteiger partial charge in [0.2, 0.25) is 15.9 Å². The van der Waals surface area contributed by atoms with Crippen LogP contribution in [-0.4, -0.2) is 63.2 Å². The summed E-state index contributed by atoms with van der Waals surface area (Å²) < 4.78 is 30.5. The number of hydrogen-bond acceptors (Lipinski definition) is 7.